The molecule has 16 heavy (non-hydrogen) atoms. The molecule has 1 saturated heterocycles. The SMILES string of the molecule is CC(C)CCCO[C@H]1CCN(CC(C)C)C1. The lowest BCUT2D eigenvalue weighted by atomic mass is 10.1. The molecule has 0 N–H and O–H groups in total. The van der Waals surface area contributed by atoms with Gasteiger partial charge < -0.3 is 9.64 Å². The van der Waals surface area contributed by atoms with E-state index in [1.165, 1.54) is 32.4 Å². The Kier molecular flexibility index (Phi) is 6.37. The van der Waals surface area contributed by atoms with E-state index in [9.17, 15) is 0 Å². The predicted octanol–water partition coefficient (Wildman–Crippen LogP) is 3.17. The highest BCUT2D eigenvalue weighted by atomic mass is 16.5. The zero-order chi connectivity index (χ0) is 12.0. The van der Waals surface area contributed by atoms with E-state index in [0.29, 0.717) is 6.10 Å². The van der Waals surface area contributed by atoms with Gasteiger partial charge >= 0.3 is 0 Å². The van der Waals surface area contributed by atoms with Gasteiger partial charge in [-0.15, -0.1) is 0 Å². The molecule has 2 nitrogen and oxygen atoms in total. The first-order chi connectivity index (χ1) is 7.58. The van der Waals surface area contributed by atoms with Crippen molar-refractivity contribution in [2.45, 2.75) is 53.1 Å². The van der Waals surface area contributed by atoms with Gasteiger partial charge in [0.05, 0.1) is 6.10 Å². The first-order valence-electron chi connectivity index (χ1n) is 6.92. The van der Waals surface area contributed by atoms with Crippen molar-refractivity contribution in [1.82, 2.24) is 4.90 Å². The van der Waals surface area contributed by atoms with Gasteiger partial charge in [0.2, 0.25) is 0 Å². The minimum Gasteiger partial charge on any atom is -0.377 e. The van der Waals surface area contributed by atoms with E-state index in [0.717, 1.165) is 25.0 Å². The van der Waals surface area contributed by atoms with Crippen LogP contribution in [0.4, 0.5) is 0 Å². The third-order valence-corrected chi connectivity index (χ3v) is 3.13. The molecule has 2 heteroatoms. The summed E-state index contributed by atoms with van der Waals surface area (Å²) >= 11 is 0. The average Bonchev–Trinajstić information content (AvgIpc) is 2.59. The Morgan fingerprint density at radius 2 is 1.94 bits per heavy atom. The zero-order valence-corrected chi connectivity index (χ0v) is 11.5. The molecule has 0 bridgehead atoms. The molecule has 0 unspecified atom stereocenters. The van der Waals surface area contributed by atoms with Gasteiger partial charge in [-0.3, -0.25) is 0 Å². The molecule has 0 aromatic carbocycles. The quantitative estimate of drug-likeness (QED) is 0.619. The summed E-state index contributed by atoms with van der Waals surface area (Å²) in [6.45, 7) is 13.7. The minimum absolute atomic E-state index is 0.505. The van der Waals surface area contributed by atoms with Crippen molar-refractivity contribution in [1.29, 1.82) is 0 Å². The topological polar surface area (TPSA) is 12.5 Å². The Balaban J connectivity index is 2.03. The molecule has 1 atom stereocenters. The van der Waals surface area contributed by atoms with Crippen LogP contribution in [-0.4, -0.2) is 37.2 Å². The Labute approximate surface area is 101 Å². The lowest BCUT2D eigenvalue weighted by Crippen LogP contribution is -2.27. The van der Waals surface area contributed by atoms with Crippen molar-refractivity contribution in [2.75, 3.05) is 26.2 Å². The monoisotopic (exact) mass is 227 g/mol. The molecule has 0 aromatic heterocycles. The molecule has 96 valence electrons. The van der Waals surface area contributed by atoms with Crippen molar-refractivity contribution in [2.24, 2.45) is 11.8 Å². The van der Waals surface area contributed by atoms with E-state index >= 15 is 0 Å². The van der Waals surface area contributed by atoms with Crippen molar-refractivity contribution in [3.63, 3.8) is 0 Å². The minimum atomic E-state index is 0.505. The molecule has 0 saturated carbocycles. The summed E-state index contributed by atoms with van der Waals surface area (Å²) < 4.78 is 5.92. The summed E-state index contributed by atoms with van der Waals surface area (Å²) in [5, 5.41) is 0. The fourth-order valence-electron chi connectivity index (χ4n) is 2.36. The van der Waals surface area contributed by atoms with E-state index in [2.05, 4.69) is 32.6 Å². The van der Waals surface area contributed by atoms with Gasteiger partial charge in [0.1, 0.15) is 0 Å². The van der Waals surface area contributed by atoms with Gasteiger partial charge in [-0.2, -0.15) is 0 Å². The number of hydrogen-bond donors (Lipinski definition) is 0. The van der Waals surface area contributed by atoms with Gasteiger partial charge in [0.25, 0.3) is 0 Å². The maximum atomic E-state index is 5.92. The van der Waals surface area contributed by atoms with Crippen molar-refractivity contribution < 1.29 is 4.74 Å². The van der Waals surface area contributed by atoms with Crippen molar-refractivity contribution in [3.8, 4) is 0 Å². The Morgan fingerprint density at radius 3 is 2.56 bits per heavy atom. The molecule has 0 aromatic rings. The lowest BCUT2D eigenvalue weighted by molar-refractivity contribution is 0.0544. The summed E-state index contributed by atoms with van der Waals surface area (Å²) in [4.78, 5) is 2.54. The Hall–Kier alpha value is -0.0800. The number of likely N-dealkylation sites (tertiary alicyclic amines) is 1. The molecular formula is C14H29NO. The fraction of sp³-hybridized carbons (Fsp3) is 1.00. The standard InChI is InChI=1S/C14H29NO/c1-12(2)6-5-9-16-14-7-8-15(11-14)10-13(3)4/h12-14H,5-11H2,1-4H3/t14-/m0/s1. The van der Waals surface area contributed by atoms with Crippen LogP contribution in [0.25, 0.3) is 0 Å². The third-order valence-electron chi connectivity index (χ3n) is 3.13. The lowest BCUT2D eigenvalue weighted by Gasteiger charge is -2.18. The summed E-state index contributed by atoms with van der Waals surface area (Å²) in [7, 11) is 0. The van der Waals surface area contributed by atoms with Gasteiger partial charge in [0, 0.05) is 26.2 Å². The van der Waals surface area contributed by atoms with Gasteiger partial charge in [-0.05, 0) is 31.1 Å². The maximum absolute atomic E-state index is 5.92. The number of hydrogen-bond acceptors (Lipinski definition) is 2. The molecule has 1 fully saturated rings. The van der Waals surface area contributed by atoms with Crippen LogP contribution in [-0.2, 0) is 4.74 Å². The molecule has 1 rings (SSSR count). The van der Waals surface area contributed by atoms with Crippen LogP contribution in [0.1, 0.15) is 47.0 Å². The number of rotatable bonds is 7. The summed E-state index contributed by atoms with van der Waals surface area (Å²) in [5.41, 5.74) is 0. The molecule has 0 spiro atoms. The van der Waals surface area contributed by atoms with Crippen LogP contribution in [0.15, 0.2) is 0 Å². The van der Waals surface area contributed by atoms with Crippen LogP contribution >= 0.6 is 0 Å². The van der Waals surface area contributed by atoms with E-state index in [1.54, 1.807) is 0 Å². The van der Waals surface area contributed by atoms with Crippen molar-refractivity contribution >= 4 is 0 Å². The average molecular weight is 227 g/mol. The molecule has 0 amide bonds. The summed E-state index contributed by atoms with van der Waals surface area (Å²) in [6.07, 6.45) is 4.25. The van der Waals surface area contributed by atoms with Gasteiger partial charge in [-0.1, -0.05) is 27.7 Å². The van der Waals surface area contributed by atoms with Gasteiger partial charge in [-0.25, -0.2) is 0 Å². The Morgan fingerprint density at radius 1 is 1.19 bits per heavy atom. The van der Waals surface area contributed by atoms with Crippen LogP contribution in [0.5, 0.6) is 0 Å². The first kappa shape index (κ1) is 14.0. The number of ether oxygens (including phenoxy) is 1. The summed E-state index contributed by atoms with van der Waals surface area (Å²) in [6, 6.07) is 0. The third kappa shape index (κ3) is 5.86. The van der Waals surface area contributed by atoms with Gasteiger partial charge in [0.15, 0.2) is 0 Å². The smallest absolute Gasteiger partial charge is 0.0714 e. The van der Waals surface area contributed by atoms with E-state index in [-0.39, 0.29) is 0 Å². The second-order valence-corrected chi connectivity index (χ2v) is 5.97. The fourth-order valence-corrected chi connectivity index (χ4v) is 2.36. The highest BCUT2D eigenvalue weighted by Crippen LogP contribution is 2.15. The van der Waals surface area contributed by atoms with E-state index < -0.39 is 0 Å². The maximum Gasteiger partial charge on any atom is 0.0714 e. The molecule has 0 aliphatic carbocycles. The highest BCUT2D eigenvalue weighted by Gasteiger charge is 2.22. The largest absolute Gasteiger partial charge is 0.377 e. The normalized spacial score (nSPS) is 22.5. The van der Waals surface area contributed by atoms with Crippen LogP contribution in [0, 0.1) is 11.8 Å². The predicted molar refractivity (Wildman–Crippen MR) is 69.7 cm³/mol. The van der Waals surface area contributed by atoms with E-state index in [1.807, 2.05) is 0 Å². The van der Waals surface area contributed by atoms with Crippen LogP contribution in [0.2, 0.25) is 0 Å². The van der Waals surface area contributed by atoms with E-state index in [4.69, 9.17) is 4.74 Å². The van der Waals surface area contributed by atoms with Crippen LogP contribution in [0.3, 0.4) is 0 Å². The first-order valence-corrected chi connectivity index (χ1v) is 6.92. The number of nitrogens with zero attached hydrogens (tertiary/aromatic N) is 1. The Bertz CT molecular complexity index is 180. The summed E-state index contributed by atoms with van der Waals surface area (Å²) in [5.74, 6) is 1.59. The molecule has 1 heterocycles. The molecular weight excluding hydrogens is 198 g/mol. The van der Waals surface area contributed by atoms with Crippen LogP contribution < -0.4 is 0 Å². The molecule has 0 radical (unpaired) electrons. The second-order valence-electron chi connectivity index (χ2n) is 5.97. The zero-order valence-electron chi connectivity index (χ0n) is 11.5. The molecule has 1 aliphatic rings. The highest BCUT2D eigenvalue weighted by molar-refractivity contribution is 4.76. The molecule has 1 aliphatic heterocycles. The second kappa shape index (κ2) is 7.29. The van der Waals surface area contributed by atoms with Crippen molar-refractivity contribution in [3.05, 3.63) is 0 Å².